The standard InChI is InChI=1S/C6H11AsO2S/c7-6(5(8)9)1-3-10-4-2-6/h1-4,7H2,(H,8,9). The summed E-state index contributed by atoms with van der Waals surface area (Å²) in [6.07, 6.45) is 1.71. The molecule has 1 aliphatic rings. The fourth-order valence-corrected chi connectivity index (χ4v) is 3.65. The number of carbonyl (C=O) groups is 1. The third-order valence-corrected chi connectivity index (χ3v) is 4.53. The quantitative estimate of drug-likeness (QED) is 0.652. The van der Waals surface area contributed by atoms with Crippen LogP contribution in [0, 0.1) is 0 Å². The first-order chi connectivity index (χ1) is 4.65. The van der Waals surface area contributed by atoms with Gasteiger partial charge in [0.1, 0.15) is 0 Å². The molecule has 0 saturated carbocycles. The van der Waals surface area contributed by atoms with Gasteiger partial charge in [0.2, 0.25) is 0 Å². The van der Waals surface area contributed by atoms with Crippen LogP contribution in [0.4, 0.5) is 0 Å². The van der Waals surface area contributed by atoms with E-state index in [1.54, 1.807) is 0 Å². The fraction of sp³-hybridized carbons (Fsp3) is 0.833. The Morgan fingerprint density at radius 2 is 2.00 bits per heavy atom. The predicted octanol–water partition coefficient (Wildman–Crippen LogP) is 0.390. The van der Waals surface area contributed by atoms with Crippen molar-refractivity contribution >= 4 is 34.6 Å². The molecule has 1 N–H and O–H groups in total. The second kappa shape index (κ2) is 3.18. The summed E-state index contributed by atoms with van der Waals surface area (Å²) in [5.74, 6) is 1.43. The topological polar surface area (TPSA) is 37.3 Å². The van der Waals surface area contributed by atoms with Crippen LogP contribution in [0.15, 0.2) is 0 Å². The van der Waals surface area contributed by atoms with Gasteiger partial charge in [0.05, 0.1) is 0 Å². The van der Waals surface area contributed by atoms with Gasteiger partial charge in [-0.25, -0.2) is 0 Å². The SMILES string of the molecule is O=C(O)C1([AsH2])CCSCC1. The molecule has 58 valence electrons. The van der Waals surface area contributed by atoms with Crippen LogP contribution >= 0.6 is 11.8 Å². The van der Waals surface area contributed by atoms with Crippen molar-refractivity contribution < 1.29 is 9.90 Å². The zero-order valence-corrected chi connectivity index (χ0v) is 8.91. The van der Waals surface area contributed by atoms with E-state index in [0.29, 0.717) is 0 Å². The van der Waals surface area contributed by atoms with Crippen molar-refractivity contribution in [2.45, 2.75) is 17.0 Å². The van der Waals surface area contributed by atoms with Crippen molar-refractivity contribution in [3.63, 3.8) is 0 Å². The zero-order valence-electron chi connectivity index (χ0n) is 5.67. The molecule has 0 amide bonds. The van der Waals surface area contributed by atoms with Crippen LogP contribution in [-0.2, 0) is 4.79 Å². The summed E-state index contributed by atoms with van der Waals surface area (Å²) in [5.41, 5.74) is 0. The molecule has 1 rings (SSSR count). The second-order valence-electron chi connectivity index (χ2n) is 2.57. The van der Waals surface area contributed by atoms with Crippen molar-refractivity contribution in [3.05, 3.63) is 0 Å². The molecule has 1 aliphatic heterocycles. The molecule has 4 heteroatoms. The predicted molar refractivity (Wildman–Crippen MR) is 45.4 cm³/mol. The van der Waals surface area contributed by atoms with E-state index in [1.807, 2.05) is 11.8 Å². The number of carboxylic acid groups (broad SMARTS) is 1. The molecule has 0 aromatic heterocycles. The number of thioether (sulfide) groups is 1. The van der Waals surface area contributed by atoms with Gasteiger partial charge in [-0.3, -0.25) is 0 Å². The van der Waals surface area contributed by atoms with Gasteiger partial charge in [-0.05, 0) is 0 Å². The van der Waals surface area contributed by atoms with Crippen LogP contribution < -0.4 is 0 Å². The first-order valence-electron chi connectivity index (χ1n) is 3.25. The van der Waals surface area contributed by atoms with E-state index in [4.69, 9.17) is 5.11 Å². The Hall–Kier alpha value is 0.378. The molecule has 1 saturated heterocycles. The Morgan fingerprint density at radius 1 is 1.50 bits per heavy atom. The van der Waals surface area contributed by atoms with Crippen molar-refractivity contribution in [2.75, 3.05) is 11.5 Å². The van der Waals surface area contributed by atoms with E-state index >= 15 is 0 Å². The Balaban J connectivity index is 2.56. The molecule has 2 nitrogen and oxygen atoms in total. The molecule has 1 unspecified atom stereocenters. The Kier molecular flexibility index (Phi) is 2.70. The maximum atomic E-state index is 10.7. The van der Waals surface area contributed by atoms with Crippen LogP contribution in [-0.4, -0.2) is 39.4 Å². The average Bonchev–Trinajstić information content (AvgIpc) is 1.89. The summed E-state index contributed by atoms with van der Waals surface area (Å²) in [4.78, 5) is 10.7. The summed E-state index contributed by atoms with van der Waals surface area (Å²) in [6.45, 7) is 0. The number of hydrogen-bond acceptors (Lipinski definition) is 2. The number of carboxylic acids is 1. The van der Waals surface area contributed by atoms with E-state index < -0.39 is 5.97 Å². The Labute approximate surface area is 73.3 Å². The van der Waals surface area contributed by atoms with Crippen LogP contribution in [0.3, 0.4) is 0 Å². The summed E-state index contributed by atoms with van der Waals surface area (Å²) in [6, 6.07) is 0. The van der Waals surface area contributed by atoms with Crippen molar-refractivity contribution in [1.82, 2.24) is 0 Å². The van der Waals surface area contributed by atoms with Gasteiger partial charge in [0.25, 0.3) is 0 Å². The maximum absolute atomic E-state index is 10.7. The Bertz CT molecular complexity index is 143. The van der Waals surface area contributed by atoms with Gasteiger partial charge in [-0.1, -0.05) is 0 Å². The van der Waals surface area contributed by atoms with E-state index in [9.17, 15) is 4.79 Å². The molecule has 0 bridgehead atoms. The van der Waals surface area contributed by atoms with E-state index in [1.165, 1.54) is 16.9 Å². The molecule has 0 aromatic carbocycles. The molecular weight excluding hydrogens is 211 g/mol. The van der Waals surface area contributed by atoms with Crippen molar-refractivity contribution in [3.8, 4) is 0 Å². The molecule has 1 atom stereocenters. The Morgan fingerprint density at radius 3 is 2.30 bits per heavy atom. The third-order valence-electron chi connectivity index (χ3n) is 1.81. The van der Waals surface area contributed by atoms with E-state index in [0.717, 1.165) is 24.3 Å². The van der Waals surface area contributed by atoms with Crippen LogP contribution in [0.1, 0.15) is 12.8 Å². The first kappa shape index (κ1) is 8.47. The molecule has 1 heterocycles. The average molecular weight is 222 g/mol. The molecule has 0 aromatic rings. The number of hydrogen-bond donors (Lipinski definition) is 1. The minimum atomic E-state index is -0.604. The molecule has 1 fully saturated rings. The van der Waals surface area contributed by atoms with Crippen molar-refractivity contribution in [2.24, 2.45) is 0 Å². The number of rotatable bonds is 1. The second-order valence-corrected chi connectivity index (χ2v) is 6.12. The third kappa shape index (κ3) is 1.70. The molecule has 0 aliphatic carbocycles. The molecule has 10 heavy (non-hydrogen) atoms. The van der Waals surface area contributed by atoms with Crippen LogP contribution in [0.25, 0.3) is 0 Å². The summed E-state index contributed by atoms with van der Waals surface area (Å²) < 4.78 is -0.363. The zero-order chi connectivity index (χ0) is 7.61. The van der Waals surface area contributed by atoms with Gasteiger partial charge < -0.3 is 0 Å². The normalized spacial score (nSPS) is 24.1. The summed E-state index contributed by atoms with van der Waals surface area (Å²) in [7, 11) is 0. The van der Waals surface area contributed by atoms with Gasteiger partial charge >= 0.3 is 73.0 Å². The van der Waals surface area contributed by atoms with Crippen LogP contribution in [0.2, 0.25) is 4.20 Å². The van der Waals surface area contributed by atoms with Crippen LogP contribution in [0.5, 0.6) is 0 Å². The van der Waals surface area contributed by atoms with Gasteiger partial charge in [-0.2, -0.15) is 0 Å². The minimum absolute atomic E-state index is 0.363. The fourth-order valence-electron chi connectivity index (χ4n) is 0.950. The van der Waals surface area contributed by atoms with E-state index in [-0.39, 0.29) is 4.20 Å². The summed E-state index contributed by atoms with van der Waals surface area (Å²) >= 11 is 3.24. The van der Waals surface area contributed by atoms with Gasteiger partial charge in [-0.15, -0.1) is 0 Å². The van der Waals surface area contributed by atoms with Crippen molar-refractivity contribution in [1.29, 1.82) is 0 Å². The van der Waals surface area contributed by atoms with Gasteiger partial charge in [0.15, 0.2) is 0 Å². The number of aliphatic carboxylic acids is 1. The molecule has 0 radical (unpaired) electrons. The first-order valence-corrected chi connectivity index (χ1v) is 5.62. The van der Waals surface area contributed by atoms with E-state index in [2.05, 4.69) is 0 Å². The molecular formula is C6H11AsO2S. The monoisotopic (exact) mass is 222 g/mol. The summed E-state index contributed by atoms with van der Waals surface area (Å²) in [5, 5.41) is 8.80. The molecule has 0 spiro atoms. The van der Waals surface area contributed by atoms with Gasteiger partial charge in [0, 0.05) is 0 Å².